The Morgan fingerprint density at radius 2 is 2.04 bits per heavy atom. The molecule has 6 rings (SSSR count). The molecule has 0 saturated heterocycles. The molecule has 0 amide bonds. The minimum absolute atomic E-state index is 0.145. The number of pyridine rings is 1. The third kappa shape index (κ3) is 2.18. The lowest BCUT2D eigenvalue weighted by Gasteiger charge is -2.32. The van der Waals surface area contributed by atoms with E-state index in [1.807, 2.05) is 47.1 Å². The van der Waals surface area contributed by atoms with Gasteiger partial charge in [-0.05, 0) is 30.3 Å². The van der Waals surface area contributed by atoms with Gasteiger partial charge in [-0.25, -0.2) is 9.50 Å². The number of fused-ring (bicyclic) bond motifs is 3. The summed E-state index contributed by atoms with van der Waals surface area (Å²) in [7, 11) is 0. The Balaban J connectivity index is 1.53. The fourth-order valence-corrected chi connectivity index (χ4v) is 3.86. The van der Waals surface area contributed by atoms with Gasteiger partial charge < -0.3 is 14.3 Å². The molecule has 4 aromatic heterocycles. The zero-order valence-corrected chi connectivity index (χ0v) is 14.4. The van der Waals surface area contributed by atoms with Crippen LogP contribution in [0.2, 0.25) is 0 Å². The molecule has 5 aromatic rings. The summed E-state index contributed by atoms with van der Waals surface area (Å²) in [6.45, 7) is 0.778. The second kappa shape index (κ2) is 5.44. The van der Waals surface area contributed by atoms with Crippen LogP contribution in [0.4, 0.5) is 6.01 Å². The highest BCUT2D eigenvalue weighted by molar-refractivity contribution is 5.74. The Morgan fingerprint density at radius 1 is 1.11 bits per heavy atom. The highest BCUT2D eigenvalue weighted by Gasteiger charge is 2.35. The molecule has 1 atom stereocenters. The van der Waals surface area contributed by atoms with Crippen molar-refractivity contribution in [2.75, 3.05) is 11.4 Å². The first-order chi connectivity index (χ1) is 13.4. The number of H-pyrrole nitrogens is 1. The number of para-hydroxylation sites is 2. The molecule has 5 heterocycles. The maximum Gasteiger partial charge on any atom is 0.299 e. The number of benzene rings is 1. The van der Waals surface area contributed by atoms with E-state index in [0.717, 1.165) is 46.7 Å². The number of anilines is 1. The highest BCUT2D eigenvalue weighted by atomic mass is 16.4. The van der Waals surface area contributed by atoms with Crippen LogP contribution in [0.3, 0.4) is 0 Å². The number of aromatic nitrogens is 5. The Kier molecular flexibility index (Phi) is 2.93. The van der Waals surface area contributed by atoms with Crippen LogP contribution in [0.5, 0.6) is 0 Å². The van der Waals surface area contributed by atoms with Crippen molar-refractivity contribution in [3.8, 4) is 0 Å². The number of oxazole rings is 1. The van der Waals surface area contributed by atoms with Crippen molar-refractivity contribution < 1.29 is 4.42 Å². The van der Waals surface area contributed by atoms with Crippen molar-refractivity contribution in [2.45, 2.75) is 12.5 Å². The number of hydrogen-bond donors (Lipinski definition) is 1. The molecule has 132 valence electrons. The van der Waals surface area contributed by atoms with Gasteiger partial charge in [-0.15, -0.1) is 0 Å². The molecule has 7 heteroatoms. The molecule has 1 aliphatic heterocycles. The molecule has 0 radical (unpaired) electrons. The zero-order chi connectivity index (χ0) is 17.8. The van der Waals surface area contributed by atoms with Crippen LogP contribution in [0.15, 0.2) is 65.5 Å². The largest absolute Gasteiger partial charge is 0.423 e. The van der Waals surface area contributed by atoms with Crippen molar-refractivity contribution in [1.29, 1.82) is 0 Å². The molecular formula is C20H16N6O. The lowest BCUT2D eigenvalue weighted by atomic mass is 10.0. The number of imidazole rings is 1. The third-order valence-electron chi connectivity index (χ3n) is 5.12. The summed E-state index contributed by atoms with van der Waals surface area (Å²) in [5.74, 6) is 0. The van der Waals surface area contributed by atoms with Gasteiger partial charge >= 0.3 is 0 Å². The van der Waals surface area contributed by atoms with Gasteiger partial charge in [0.2, 0.25) is 0 Å². The Bertz CT molecular complexity index is 1200. The number of rotatable bonds is 2. The third-order valence-corrected chi connectivity index (χ3v) is 5.12. The molecule has 0 bridgehead atoms. The quantitative estimate of drug-likeness (QED) is 0.525. The van der Waals surface area contributed by atoms with E-state index in [2.05, 4.69) is 27.0 Å². The van der Waals surface area contributed by atoms with Gasteiger partial charge in [0.25, 0.3) is 6.01 Å². The van der Waals surface area contributed by atoms with E-state index in [1.165, 1.54) is 0 Å². The molecular weight excluding hydrogens is 340 g/mol. The van der Waals surface area contributed by atoms with Gasteiger partial charge in [-0.2, -0.15) is 10.1 Å². The molecule has 1 aromatic carbocycles. The number of aromatic amines is 1. The van der Waals surface area contributed by atoms with Crippen molar-refractivity contribution in [2.24, 2.45) is 0 Å². The lowest BCUT2D eigenvalue weighted by Crippen LogP contribution is -2.36. The first kappa shape index (κ1) is 14.5. The van der Waals surface area contributed by atoms with Crippen molar-refractivity contribution in [3.63, 3.8) is 0 Å². The monoisotopic (exact) mass is 356 g/mol. The number of nitrogens with zero attached hydrogens (tertiary/aromatic N) is 5. The summed E-state index contributed by atoms with van der Waals surface area (Å²) >= 11 is 0. The topological polar surface area (TPSA) is 75.2 Å². The first-order valence-electron chi connectivity index (χ1n) is 8.95. The van der Waals surface area contributed by atoms with Crippen LogP contribution < -0.4 is 4.90 Å². The van der Waals surface area contributed by atoms with E-state index in [4.69, 9.17) is 14.5 Å². The summed E-state index contributed by atoms with van der Waals surface area (Å²) in [6, 6.07) is 16.4. The highest BCUT2D eigenvalue weighted by Crippen LogP contribution is 2.37. The molecule has 27 heavy (non-hydrogen) atoms. The summed E-state index contributed by atoms with van der Waals surface area (Å²) in [4.78, 5) is 14.7. The van der Waals surface area contributed by atoms with Crippen molar-refractivity contribution in [1.82, 2.24) is 24.6 Å². The van der Waals surface area contributed by atoms with Gasteiger partial charge in [-0.3, -0.25) is 0 Å². The van der Waals surface area contributed by atoms with Crippen molar-refractivity contribution in [3.05, 3.63) is 78.1 Å². The summed E-state index contributed by atoms with van der Waals surface area (Å²) < 4.78 is 7.96. The van der Waals surface area contributed by atoms with Gasteiger partial charge in [0.1, 0.15) is 11.6 Å². The predicted octanol–water partition coefficient (Wildman–Crippen LogP) is 3.35. The van der Waals surface area contributed by atoms with Gasteiger partial charge in [0, 0.05) is 24.9 Å². The Morgan fingerprint density at radius 3 is 2.96 bits per heavy atom. The average Bonchev–Trinajstić information content (AvgIpc) is 3.43. The Hall–Kier alpha value is -3.61. The molecule has 1 N–H and O–H groups in total. The smallest absolute Gasteiger partial charge is 0.299 e. The summed E-state index contributed by atoms with van der Waals surface area (Å²) in [5, 5.41) is 4.80. The normalized spacial score (nSPS) is 16.9. The molecule has 0 saturated carbocycles. The van der Waals surface area contributed by atoms with Crippen LogP contribution in [0.25, 0.3) is 16.6 Å². The SMILES string of the molecule is c1ccc2oc(N3CCc4[nH]cnc4C3c3cc4ccccn4n3)nc2c1. The minimum atomic E-state index is -0.145. The predicted molar refractivity (Wildman–Crippen MR) is 101 cm³/mol. The molecule has 0 aliphatic carbocycles. The molecule has 0 fully saturated rings. The number of nitrogens with one attached hydrogen (secondary N) is 1. The summed E-state index contributed by atoms with van der Waals surface area (Å²) in [5.41, 5.74) is 5.74. The van der Waals surface area contributed by atoms with E-state index in [0.29, 0.717) is 6.01 Å². The average molecular weight is 356 g/mol. The first-order valence-corrected chi connectivity index (χ1v) is 8.95. The molecule has 1 unspecified atom stereocenters. The second-order valence-corrected chi connectivity index (χ2v) is 6.72. The molecule has 0 spiro atoms. The second-order valence-electron chi connectivity index (χ2n) is 6.72. The van der Waals surface area contributed by atoms with Gasteiger partial charge in [0.05, 0.1) is 23.2 Å². The maximum absolute atomic E-state index is 6.07. The van der Waals surface area contributed by atoms with E-state index < -0.39 is 0 Å². The van der Waals surface area contributed by atoms with Crippen LogP contribution >= 0.6 is 0 Å². The standard InChI is InChI=1S/C20H16N6O/c1-2-7-17-14(6-1)23-20(27-17)25-10-8-15-18(22-12-21-15)19(25)16-11-13-5-3-4-9-26(13)24-16/h1-7,9,11-12,19H,8,10H2,(H,21,22). The fourth-order valence-electron chi connectivity index (χ4n) is 3.86. The summed E-state index contributed by atoms with van der Waals surface area (Å²) in [6.07, 6.45) is 4.57. The molecule has 1 aliphatic rings. The molecule has 7 nitrogen and oxygen atoms in total. The van der Waals surface area contributed by atoms with Crippen LogP contribution in [0, 0.1) is 0 Å². The maximum atomic E-state index is 6.07. The van der Waals surface area contributed by atoms with Crippen molar-refractivity contribution >= 4 is 22.6 Å². The van der Waals surface area contributed by atoms with E-state index in [9.17, 15) is 0 Å². The van der Waals surface area contributed by atoms with Crippen LogP contribution in [-0.2, 0) is 6.42 Å². The van der Waals surface area contributed by atoms with Gasteiger partial charge in [-0.1, -0.05) is 18.2 Å². The van der Waals surface area contributed by atoms with E-state index in [-0.39, 0.29) is 6.04 Å². The van der Waals surface area contributed by atoms with Crippen LogP contribution in [-0.4, -0.2) is 31.1 Å². The van der Waals surface area contributed by atoms with E-state index >= 15 is 0 Å². The Labute approximate surface area is 154 Å². The minimum Gasteiger partial charge on any atom is -0.423 e. The lowest BCUT2D eigenvalue weighted by molar-refractivity contribution is 0.517. The fraction of sp³-hybridized carbons (Fsp3) is 0.150. The van der Waals surface area contributed by atoms with E-state index in [1.54, 1.807) is 6.33 Å². The van der Waals surface area contributed by atoms with Gasteiger partial charge in [0.15, 0.2) is 5.58 Å². The van der Waals surface area contributed by atoms with Crippen LogP contribution in [0.1, 0.15) is 23.1 Å². The zero-order valence-electron chi connectivity index (χ0n) is 14.4. The number of hydrogen-bond acceptors (Lipinski definition) is 5.